The van der Waals surface area contributed by atoms with Crippen LogP contribution < -0.4 is 0 Å². The van der Waals surface area contributed by atoms with Gasteiger partial charge in [0, 0.05) is 0 Å². The molecule has 0 saturated carbocycles. The Labute approximate surface area is 158 Å². The van der Waals surface area contributed by atoms with E-state index in [0.29, 0.717) is 25.2 Å². The molecule has 1 saturated heterocycles. The van der Waals surface area contributed by atoms with Crippen molar-refractivity contribution in [2.45, 2.75) is 32.0 Å². The number of carbonyl (C=O) groups is 1. The van der Waals surface area contributed by atoms with E-state index in [0.717, 1.165) is 16.7 Å². The molecule has 2 aliphatic heterocycles. The van der Waals surface area contributed by atoms with Crippen LogP contribution in [0.3, 0.4) is 0 Å². The zero-order valence-electron chi connectivity index (χ0n) is 15.2. The minimum absolute atomic E-state index is 0.102. The van der Waals surface area contributed by atoms with Crippen LogP contribution in [0.4, 0.5) is 9.18 Å². The minimum Gasteiger partial charge on any atom is -0.445 e. The number of halogens is 1. The number of fused-ring (bicyclic) bond motifs is 2. The molecule has 27 heavy (non-hydrogen) atoms. The second-order valence-corrected chi connectivity index (χ2v) is 7.01. The van der Waals surface area contributed by atoms with Gasteiger partial charge in [-0.15, -0.1) is 0 Å². The summed E-state index contributed by atoms with van der Waals surface area (Å²) in [7, 11) is 0. The highest BCUT2D eigenvalue weighted by atomic mass is 19.1. The van der Waals surface area contributed by atoms with Crippen molar-refractivity contribution in [2.75, 3.05) is 13.2 Å². The molecule has 0 N–H and O–H groups in total. The Bertz CT molecular complexity index is 865. The van der Waals surface area contributed by atoms with Crippen LogP contribution in [-0.4, -0.2) is 36.3 Å². The molecule has 2 aromatic carbocycles. The largest absolute Gasteiger partial charge is 0.445 e. The summed E-state index contributed by atoms with van der Waals surface area (Å²) in [5, 5.41) is 0. The smallest absolute Gasteiger partial charge is 0.411 e. The summed E-state index contributed by atoms with van der Waals surface area (Å²) in [6.07, 6.45) is 2.31. The summed E-state index contributed by atoms with van der Waals surface area (Å²) in [6, 6.07) is 14.5. The van der Waals surface area contributed by atoms with E-state index in [4.69, 9.17) is 9.47 Å². The number of hydrogen-bond donors (Lipinski definition) is 0. The molecule has 2 aliphatic rings. The third-order valence-corrected chi connectivity index (χ3v) is 5.23. The summed E-state index contributed by atoms with van der Waals surface area (Å²) in [5.74, 6) is -0.209. The lowest BCUT2D eigenvalue weighted by atomic mass is 9.88. The fourth-order valence-electron chi connectivity index (χ4n) is 3.83. The predicted octanol–water partition coefficient (Wildman–Crippen LogP) is 4.33. The Kier molecular flexibility index (Phi) is 4.94. The van der Waals surface area contributed by atoms with Crippen molar-refractivity contribution in [1.29, 1.82) is 0 Å². The standard InChI is InChI=1S/C22H22FNO3/c1-15-20(8-5-9-21(15)23)17-10-18-13-26-14-19(11-17)24(18)22(25)27-12-16-6-3-2-4-7-16/h2-10,18-19H,11-14H2,1H3. The number of carbonyl (C=O) groups excluding carboxylic acids is 1. The maximum Gasteiger partial charge on any atom is 0.411 e. The monoisotopic (exact) mass is 367 g/mol. The maximum atomic E-state index is 14.0. The first-order valence-electron chi connectivity index (χ1n) is 9.16. The number of hydrogen-bond acceptors (Lipinski definition) is 3. The summed E-state index contributed by atoms with van der Waals surface area (Å²) in [5.41, 5.74) is 3.57. The molecule has 4 nitrogen and oxygen atoms in total. The van der Waals surface area contributed by atoms with Gasteiger partial charge in [0.1, 0.15) is 12.4 Å². The third kappa shape index (κ3) is 3.60. The van der Waals surface area contributed by atoms with Crippen molar-refractivity contribution in [3.63, 3.8) is 0 Å². The van der Waals surface area contributed by atoms with E-state index in [1.165, 1.54) is 6.07 Å². The van der Waals surface area contributed by atoms with Crippen LogP contribution in [0.15, 0.2) is 54.6 Å². The molecule has 2 aromatic rings. The van der Waals surface area contributed by atoms with Crippen molar-refractivity contribution in [2.24, 2.45) is 0 Å². The second kappa shape index (κ2) is 7.53. The molecule has 0 spiro atoms. The molecule has 0 aliphatic carbocycles. The van der Waals surface area contributed by atoms with Crippen LogP contribution >= 0.6 is 0 Å². The fraction of sp³-hybridized carbons (Fsp3) is 0.318. The van der Waals surface area contributed by atoms with E-state index < -0.39 is 0 Å². The number of amides is 1. The molecule has 2 bridgehead atoms. The number of morpholine rings is 1. The van der Waals surface area contributed by atoms with E-state index >= 15 is 0 Å². The fourth-order valence-corrected chi connectivity index (χ4v) is 3.83. The van der Waals surface area contributed by atoms with Gasteiger partial charge in [-0.3, -0.25) is 4.90 Å². The SMILES string of the molecule is Cc1c(F)cccc1C1=CC2COCC(C1)N2C(=O)OCc1ccccc1. The van der Waals surface area contributed by atoms with Gasteiger partial charge in [-0.1, -0.05) is 48.5 Å². The van der Waals surface area contributed by atoms with E-state index in [1.807, 2.05) is 42.5 Å². The number of nitrogens with zero attached hydrogens (tertiary/aromatic N) is 1. The Hall–Kier alpha value is -2.66. The lowest BCUT2D eigenvalue weighted by molar-refractivity contribution is -0.0342. The van der Waals surface area contributed by atoms with Gasteiger partial charge < -0.3 is 9.47 Å². The Morgan fingerprint density at radius 3 is 2.78 bits per heavy atom. The van der Waals surface area contributed by atoms with Crippen molar-refractivity contribution >= 4 is 11.7 Å². The second-order valence-electron chi connectivity index (χ2n) is 7.01. The topological polar surface area (TPSA) is 38.8 Å². The molecule has 140 valence electrons. The molecular weight excluding hydrogens is 345 g/mol. The van der Waals surface area contributed by atoms with Gasteiger partial charge in [0.25, 0.3) is 0 Å². The molecular formula is C22H22FNO3. The van der Waals surface area contributed by atoms with Crippen molar-refractivity contribution < 1.29 is 18.7 Å². The summed E-state index contributed by atoms with van der Waals surface area (Å²) in [6.45, 7) is 2.92. The first-order valence-corrected chi connectivity index (χ1v) is 9.16. The number of benzene rings is 2. The Morgan fingerprint density at radius 1 is 1.19 bits per heavy atom. The normalized spacial score (nSPS) is 21.6. The van der Waals surface area contributed by atoms with Crippen LogP contribution in [0.1, 0.15) is 23.1 Å². The lowest BCUT2D eigenvalue weighted by Crippen LogP contribution is -2.56. The van der Waals surface area contributed by atoms with Crippen LogP contribution in [0.2, 0.25) is 0 Å². The zero-order chi connectivity index (χ0) is 18.8. The van der Waals surface area contributed by atoms with Gasteiger partial charge in [0.15, 0.2) is 0 Å². The molecule has 2 heterocycles. The molecule has 0 radical (unpaired) electrons. The predicted molar refractivity (Wildman–Crippen MR) is 101 cm³/mol. The van der Waals surface area contributed by atoms with Gasteiger partial charge in [-0.2, -0.15) is 0 Å². The van der Waals surface area contributed by atoms with Gasteiger partial charge in [-0.05, 0) is 41.7 Å². The summed E-state index contributed by atoms with van der Waals surface area (Å²) >= 11 is 0. The van der Waals surface area contributed by atoms with Gasteiger partial charge in [-0.25, -0.2) is 9.18 Å². The highest BCUT2D eigenvalue weighted by Gasteiger charge is 2.39. The van der Waals surface area contributed by atoms with Crippen LogP contribution in [0, 0.1) is 12.7 Å². The molecule has 1 amide bonds. The number of rotatable bonds is 3. The van der Waals surface area contributed by atoms with Crippen molar-refractivity contribution in [1.82, 2.24) is 4.90 Å². The van der Waals surface area contributed by atoms with Gasteiger partial charge in [0.05, 0.1) is 25.3 Å². The summed E-state index contributed by atoms with van der Waals surface area (Å²) < 4.78 is 25.1. The van der Waals surface area contributed by atoms with Crippen molar-refractivity contribution in [3.05, 3.63) is 77.1 Å². The molecule has 5 heteroatoms. The molecule has 0 aromatic heterocycles. The average molecular weight is 367 g/mol. The van der Waals surface area contributed by atoms with E-state index in [2.05, 4.69) is 0 Å². The van der Waals surface area contributed by atoms with Crippen LogP contribution in [0.5, 0.6) is 0 Å². The minimum atomic E-state index is -0.330. The van der Waals surface area contributed by atoms with E-state index in [1.54, 1.807) is 17.9 Å². The van der Waals surface area contributed by atoms with Crippen LogP contribution in [-0.2, 0) is 16.1 Å². The zero-order valence-corrected chi connectivity index (χ0v) is 15.2. The number of ether oxygens (including phenoxy) is 2. The van der Waals surface area contributed by atoms with Crippen LogP contribution in [0.25, 0.3) is 5.57 Å². The Morgan fingerprint density at radius 2 is 2.00 bits per heavy atom. The Balaban J connectivity index is 1.53. The van der Waals surface area contributed by atoms with Crippen molar-refractivity contribution in [3.8, 4) is 0 Å². The first kappa shape index (κ1) is 17.7. The summed E-state index contributed by atoms with van der Waals surface area (Å²) in [4.78, 5) is 14.5. The third-order valence-electron chi connectivity index (χ3n) is 5.23. The average Bonchev–Trinajstić information content (AvgIpc) is 2.68. The van der Waals surface area contributed by atoms with Gasteiger partial charge >= 0.3 is 6.09 Å². The molecule has 4 rings (SSSR count). The first-order chi connectivity index (χ1) is 13.1. The molecule has 2 unspecified atom stereocenters. The quantitative estimate of drug-likeness (QED) is 0.811. The maximum absolute atomic E-state index is 14.0. The molecule has 2 atom stereocenters. The highest BCUT2D eigenvalue weighted by Crippen LogP contribution is 2.34. The van der Waals surface area contributed by atoms with E-state index in [-0.39, 0.29) is 30.6 Å². The molecule has 1 fully saturated rings. The van der Waals surface area contributed by atoms with Gasteiger partial charge in [0.2, 0.25) is 0 Å². The van der Waals surface area contributed by atoms with E-state index in [9.17, 15) is 9.18 Å². The lowest BCUT2D eigenvalue weighted by Gasteiger charge is -2.44. The highest BCUT2D eigenvalue weighted by molar-refractivity contribution is 5.75.